The Labute approximate surface area is 87.9 Å². The van der Waals surface area contributed by atoms with Crippen LogP contribution in [0.1, 0.15) is 51.9 Å². The fraction of sp³-hybridized carbons (Fsp3) is 0.917. The highest BCUT2D eigenvalue weighted by molar-refractivity contribution is 5.37. The molecular weight excluding hydrogens is 174 g/mol. The number of quaternary nitrogens is 1. The van der Waals surface area contributed by atoms with Gasteiger partial charge in [-0.25, -0.2) is 4.79 Å². The van der Waals surface area contributed by atoms with Crippen LogP contribution >= 0.6 is 0 Å². The van der Waals surface area contributed by atoms with Gasteiger partial charge in [-0.15, -0.1) is 0 Å². The number of unbranched alkanes of at least 4 members (excludes halogenated alkanes) is 2. The van der Waals surface area contributed by atoms with Crippen molar-refractivity contribution in [1.29, 1.82) is 0 Å². The maximum atomic E-state index is 11.2. The quantitative estimate of drug-likeness (QED) is 0.377. The monoisotopic (exact) mass is 198 g/mol. The van der Waals surface area contributed by atoms with Crippen LogP contribution in [0, 0.1) is 0 Å². The minimum Gasteiger partial charge on any atom is -0.263 e. The van der Waals surface area contributed by atoms with Gasteiger partial charge >= 0.3 is 6.41 Å². The molecular formula is C12H24NO+. The van der Waals surface area contributed by atoms with E-state index in [1.165, 1.54) is 51.4 Å². The summed E-state index contributed by atoms with van der Waals surface area (Å²) in [5.41, 5.74) is 0. The predicted octanol–water partition coefficient (Wildman–Crippen LogP) is 2.72. The van der Waals surface area contributed by atoms with E-state index in [9.17, 15) is 4.79 Å². The molecule has 82 valence electrons. The molecule has 0 saturated carbocycles. The number of carbonyl (C=O) groups is 1. The lowest BCUT2D eigenvalue weighted by Gasteiger charge is -2.30. The first-order valence-corrected chi connectivity index (χ1v) is 6.15. The van der Waals surface area contributed by atoms with E-state index in [0.717, 1.165) is 24.1 Å². The Morgan fingerprint density at radius 1 is 1.07 bits per heavy atom. The van der Waals surface area contributed by atoms with E-state index in [4.69, 9.17) is 0 Å². The summed E-state index contributed by atoms with van der Waals surface area (Å²) in [6.45, 7) is 5.48. The van der Waals surface area contributed by atoms with Gasteiger partial charge in [0.2, 0.25) is 0 Å². The van der Waals surface area contributed by atoms with Crippen molar-refractivity contribution >= 4 is 6.41 Å². The lowest BCUT2D eigenvalue weighted by Crippen LogP contribution is -2.48. The molecule has 0 aliphatic carbocycles. The maximum absolute atomic E-state index is 11.2. The van der Waals surface area contributed by atoms with Crippen LogP contribution in [0.4, 0.5) is 0 Å². The van der Waals surface area contributed by atoms with Crippen molar-refractivity contribution < 1.29 is 9.28 Å². The van der Waals surface area contributed by atoms with Crippen LogP contribution in [0.25, 0.3) is 0 Å². The van der Waals surface area contributed by atoms with Crippen molar-refractivity contribution in [2.45, 2.75) is 51.9 Å². The molecule has 14 heavy (non-hydrogen) atoms. The van der Waals surface area contributed by atoms with Gasteiger partial charge in [-0.05, 0) is 38.5 Å². The second kappa shape index (κ2) is 6.18. The molecule has 1 fully saturated rings. The first-order chi connectivity index (χ1) is 6.83. The van der Waals surface area contributed by atoms with Crippen LogP contribution in [-0.4, -0.2) is 30.5 Å². The Bertz CT molecular complexity index is 160. The van der Waals surface area contributed by atoms with E-state index in [1.807, 2.05) is 0 Å². The summed E-state index contributed by atoms with van der Waals surface area (Å²) in [7, 11) is 0. The van der Waals surface area contributed by atoms with Gasteiger partial charge in [-0.2, -0.15) is 0 Å². The summed E-state index contributed by atoms with van der Waals surface area (Å²) in [5.74, 6) is 0. The van der Waals surface area contributed by atoms with Gasteiger partial charge in [-0.1, -0.05) is 13.3 Å². The summed E-state index contributed by atoms with van der Waals surface area (Å²) in [4.78, 5) is 11.2. The number of amides is 1. The van der Waals surface area contributed by atoms with Crippen LogP contribution in [-0.2, 0) is 4.79 Å². The Balaban J connectivity index is 2.41. The van der Waals surface area contributed by atoms with E-state index < -0.39 is 0 Å². The maximum Gasteiger partial charge on any atom is 0.301 e. The zero-order chi connectivity index (χ0) is 10.3. The standard InChI is InChI=1S/C12H24NO/c1-2-3-6-9-13(12-14)10-7-4-5-8-11-13/h12H,2-11H2,1H3/q+1. The van der Waals surface area contributed by atoms with Gasteiger partial charge in [0.25, 0.3) is 0 Å². The summed E-state index contributed by atoms with van der Waals surface area (Å²) in [6.07, 6.45) is 10.1. The van der Waals surface area contributed by atoms with E-state index in [2.05, 4.69) is 6.92 Å². The molecule has 1 amide bonds. The third kappa shape index (κ3) is 3.41. The minimum atomic E-state index is 0.750. The molecule has 0 aromatic carbocycles. The number of carbonyl (C=O) groups excluding carboxylic acids is 1. The summed E-state index contributed by atoms with van der Waals surface area (Å²) < 4.78 is 0.750. The molecule has 0 bridgehead atoms. The van der Waals surface area contributed by atoms with E-state index >= 15 is 0 Å². The molecule has 1 heterocycles. The highest BCUT2D eigenvalue weighted by Gasteiger charge is 2.27. The largest absolute Gasteiger partial charge is 0.301 e. The molecule has 2 heteroatoms. The average molecular weight is 198 g/mol. The Hall–Kier alpha value is -0.370. The summed E-state index contributed by atoms with van der Waals surface area (Å²) in [6, 6.07) is 0. The first kappa shape index (κ1) is 11.7. The zero-order valence-corrected chi connectivity index (χ0v) is 9.50. The van der Waals surface area contributed by atoms with Crippen molar-refractivity contribution in [2.75, 3.05) is 19.6 Å². The van der Waals surface area contributed by atoms with Gasteiger partial charge in [0.05, 0.1) is 19.6 Å². The van der Waals surface area contributed by atoms with Gasteiger partial charge in [0.15, 0.2) is 0 Å². The second-order valence-corrected chi connectivity index (χ2v) is 4.62. The lowest BCUT2D eigenvalue weighted by molar-refractivity contribution is -0.845. The Morgan fingerprint density at radius 2 is 1.71 bits per heavy atom. The van der Waals surface area contributed by atoms with Crippen LogP contribution in [0.5, 0.6) is 0 Å². The number of hydrogen-bond acceptors (Lipinski definition) is 1. The van der Waals surface area contributed by atoms with Crippen LogP contribution in [0.2, 0.25) is 0 Å². The lowest BCUT2D eigenvalue weighted by atomic mass is 10.2. The van der Waals surface area contributed by atoms with Crippen molar-refractivity contribution in [3.8, 4) is 0 Å². The van der Waals surface area contributed by atoms with Gasteiger partial charge in [0.1, 0.15) is 0 Å². The van der Waals surface area contributed by atoms with E-state index in [-0.39, 0.29) is 0 Å². The molecule has 0 spiro atoms. The third-order valence-electron chi connectivity index (χ3n) is 3.39. The Kier molecular flexibility index (Phi) is 5.16. The molecule has 0 unspecified atom stereocenters. The molecule has 1 saturated heterocycles. The number of likely N-dealkylation sites (tertiary alicyclic amines) is 1. The van der Waals surface area contributed by atoms with Crippen molar-refractivity contribution in [3.63, 3.8) is 0 Å². The molecule has 0 radical (unpaired) electrons. The molecule has 1 rings (SSSR count). The normalized spacial score (nSPS) is 21.5. The fourth-order valence-electron chi connectivity index (χ4n) is 2.38. The number of hydrogen-bond donors (Lipinski definition) is 0. The Morgan fingerprint density at radius 3 is 2.21 bits per heavy atom. The second-order valence-electron chi connectivity index (χ2n) is 4.62. The number of rotatable bonds is 5. The minimum absolute atomic E-state index is 0.750. The van der Waals surface area contributed by atoms with E-state index in [1.54, 1.807) is 0 Å². The van der Waals surface area contributed by atoms with Crippen LogP contribution in [0.15, 0.2) is 0 Å². The SMILES string of the molecule is CCCCC[N+]1(C=O)CCCCCC1. The molecule has 1 aliphatic rings. The predicted molar refractivity (Wildman–Crippen MR) is 58.9 cm³/mol. The number of nitrogens with zero attached hydrogens (tertiary/aromatic N) is 1. The molecule has 0 aromatic rings. The third-order valence-corrected chi connectivity index (χ3v) is 3.39. The van der Waals surface area contributed by atoms with Crippen LogP contribution in [0.3, 0.4) is 0 Å². The molecule has 0 atom stereocenters. The van der Waals surface area contributed by atoms with Gasteiger partial charge < -0.3 is 0 Å². The highest BCUT2D eigenvalue weighted by atomic mass is 16.1. The zero-order valence-electron chi connectivity index (χ0n) is 9.50. The fourth-order valence-corrected chi connectivity index (χ4v) is 2.38. The smallest absolute Gasteiger partial charge is 0.263 e. The van der Waals surface area contributed by atoms with Crippen LogP contribution < -0.4 is 0 Å². The molecule has 0 N–H and O–H groups in total. The highest BCUT2D eigenvalue weighted by Crippen LogP contribution is 2.17. The topological polar surface area (TPSA) is 17.1 Å². The molecule has 2 nitrogen and oxygen atoms in total. The van der Waals surface area contributed by atoms with Crippen molar-refractivity contribution in [3.05, 3.63) is 0 Å². The molecule has 1 aliphatic heterocycles. The van der Waals surface area contributed by atoms with Gasteiger partial charge in [0, 0.05) is 0 Å². The average Bonchev–Trinajstić information content (AvgIpc) is 2.45. The summed E-state index contributed by atoms with van der Waals surface area (Å²) in [5, 5.41) is 0. The summed E-state index contributed by atoms with van der Waals surface area (Å²) >= 11 is 0. The molecule has 0 aromatic heterocycles. The van der Waals surface area contributed by atoms with E-state index in [0.29, 0.717) is 0 Å². The van der Waals surface area contributed by atoms with Gasteiger partial charge in [-0.3, -0.25) is 4.48 Å². The first-order valence-electron chi connectivity index (χ1n) is 6.15. The van der Waals surface area contributed by atoms with Crippen molar-refractivity contribution in [1.82, 2.24) is 0 Å². The van der Waals surface area contributed by atoms with Crippen molar-refractivity contribution in [2.24, 2.45) is 0 Å².